The van der Waals surface area contributed by atoms with Gasteiger partial charge in [-0.1, -0.05) is 46.0 Å². The summed E-state index contributed by atoms with van der Waals surface area (Å²) in [7, 11) is 0.589. The predicted molar refractivity (Wildman–Crippen MR) is 152 cm³/mol. The van der Waals surface area contributed by atoms with Gasteiger partial charge >= 0.3 is 0 Å². The summed E-state index contributed by atoms with van der Waals surface area (Å²) in [5, 5.41) is 34.7. The van der Waals surface area contributed by atoms with Gasteiger partial charge in [0.25, 0.3) is 5.91 Å². The summed E-state index contributed by atoms with van der Waals surface area (Å²) in [6, 6.07) is 7.96. The van der Waals surface area contributed by atoms with Gasteiger partial charge in [-0.3, -0.25) is 4.79 Å². The van der Waals surface area contributed by atoms with Crippen LogP contribution in [0.3, 0.4) is 0 Å². The molecule has 0 saturated carbocycles. The van der Waals surface area contributed by atoms with Crippen molar-refractivity contribution in [3.8, 4) is 39.9 Å². The zero-order valence-corrected chi connectivity index (χ0v) is 24.3. The van der Waals surface area contributed by atoms with E-state index in [1.54, 1.807) is 23.1 Å². The third-order valence-electron chi connectivity index (χ3n) is 7.81. The number of methoxy groups -OCH3 is 2. The number of nitrogens with zero attached hydrogens (tertiary/aromatic N) is 1. The van der Waals surface area contributed by atoms with Gasteiger partial charge in [-0.25, -0.2) is 0 Å². The molecule has 200 valence electrons. The SMILES string of the molecule is CCN(CC)C(=O)c1cc(O)c([Si](C)(C)C(C)(C)C)c(OC)c1-c1cc(OC)c2c(O)cccc2c1O. The molecule has 0 aliphatic heterocycles. The molecule has 0 atom stereocenters. The van der Waals surface area contributed by atoms with E-state index in [1.807, 2.05) is 13.8 Å². The van der Waals surface area contributed by atoms with Crippen LogP contribution in [0.1, 0.15) is 45.0 Å². The summed E-state index contributed by atoms with van der Waals surface area (Å²) in [6.07, 6.45) is 0. The number of amides is 1. The van der Waals surface area contributed by atoms with Crippen LogP contribution in [-0.2, 0) is 0 Å². The first-order valence-electron chi connectivity index (χ1n) is 12.5. The van der Waals surface area contributed by atoms with Crippen LogP contribution < -0.4 is 14.7 Å². The number of fused-ring (bicyclic) bond motifs is 1. The number of hydrogen-bond donors (Lipinski definition) is 3. The van der Waals surface area contributed by atoms with Crippen LogP contribution in [0.5, 0.6) is 28.7 Å². The highest BCUT2D eigenvalue weighted by molar-refractivity contribution is 6.93. The molecule has 7 nitrogen and oxygen atoms in total. The van der Waals surface area contributed by atoms with Gasteiger partial charge in [-0.05, 0) is 37.1 Å². The summed E-state index contributed by atoms with van der Waals surface area (Å²) in [4.78, 5) is 15.4. The van der Waals surface area contributed by atoms with Gasteiger partial charge in [0, 0.05) is 34.8 Å². The highest BCUT2D eigenvalue weighted by atomic mass is 28.3. The van der Waals surface area contributed by atoms with Crippen molar-refractivity contribution in [3.05, 3.63) is 35.9 Å². The fourth-order valence-corrected chi connectivity index (χ4v) is 6.97. The molecule has 8 heteroatoms. The van der Waals surface area contributed by atoms with Crippen LogP contribution in [0, 0.1) is 0 Å². The lowest BCUT2D eigenvalue weighted by Gasteiger charge is -2.39. The molecule has 0 unspecified atom stereocenters. The summed E-state index contributed by atoms with van der Waals surface area (Å²) in [5.41, 5.74) is 0.928. The van der Waals surface area contributed by atoms with Crippen LogP contribution >= 0.6 is 0 Å². The highest BCUT2D eigenvalue weighted by Crippen LogP contribution is 2.50. The van der Waals surface area contributed by atoms with Crippen LogP contribution in [0.4, 0.5) is 0 Å². The fourth-order valence-electron chi connectivity index (χ4n) is 4.71. The van der Waals surface area contributed by atoms with Crippen molar-refractivity contribution in [2.45, 2.75) is 52.8 Å². The lowest BCUT2D eigenvalue weighted by atomic mass is 9.93. The Morgan fingerprint density at radius 3 is 2.11 bits per heavy atom. The molecule has 3 aromatic rings. The average Bonchev–Trinajstić information content (AvgIpc) is 2.84. The molecule has 3 N–H and O–H groups in total. The maximum atomic E-state index is 13.8. The van der Waals surface area contributed by atoms with Gasteiger partial charge in [0.05, 0.1) is 33.2 Å². The minimum atomic E-state index is -2.41. The normalized spacial score (nSPS) is 12.0. The van der Waals surface area contributed by atoms with E-state index in [9.17, 15) is 20.1 Å². The molecule has 0 heterocycles. The van der Waals surface area contributed by atoms with E-state index < -0.39 is 8.07 Å². The predicted octanol–water partition coefficient (Wildman–Crippen LogP) is 5.84. The molecular weight excluding hydrogens is 486 g/mol. The number of carbonyl (C=O) groups is 1. The maximum Gasteiger partial charge on any atom is 0.254 e. The van der Waals surface area contributed by atoms with Crippen LogP contribution in [0.15, 0.2) is 30.3 Å². The van der Waals surface area contributed by atoms with Gasteiger partial charge in [-0.15, -0.1) is 0 Å². The number of aromatic hydroxyl groups is 3. The van der Waals surface area contributed by atoms with Crippen molar-refractivity contribution in [1.29, 1.82) is 0 Å². The Hall–Kier alpha value is -3.39. The van der Waals surface area contributed by atoms with Crippen LogP contribution in [0.2, 0.25) is 18.1 Å². The van der Waals surface area contributed by atoms with Crippen molar-refractivity contribution in [2.75, 3.05) is 27.3 Å². The third kappa shape index (κ3) is 4.59. The number of phenols is 3. The Balaban J connectivity index is 2.60. The Kier molecular flexibility index (Phi) is 7.74. The lowest BCUT2D eigenvalue weighted by Crippen LogP contribution is -2.50. The van der Waals surface area contributed by atoms with Gasteiger partial charge in [0.15, 0.2) is 0 Å². The molecular formula is C29H39NO6Si. The first kappa shape index (κ1) is 28.2. The quantitative estimate of drug-likeness (QED) is 0.335. The Morgan fingerprint density at radius 2 is 1.59 bits per heavy atom. The van der Waals surface area contributed by atoms with Gasteiger partial charge in [-0.2, -0.15) is 0 Å². The second-order valence-electron chi connectivity index (χ2n) is 10.8. The zero-order valence-electron chi connectivity index (χ0n) is 23.3. The van der Waals surface area contributed by atoms with E-state index in [0.29, 0.717) is 51.7 Å². The summed E-state index contributed by atoms with van der Waals surface area (Å²) in [5.74, 6) is 0.267. The standard InChI is InChI=1S/C29H39NO6Si/c1-10-30(11-2)28(34)19-15-21(32)27(37(8,9)29(3,4)5)26(36-7)23(19)18-16-22(35-6)24-17(25(18)33)13-12-14-20(24)31/h12-16,31-33H,10-11H2,1-9H3. The second kappa shape index (κ2) is 10.2. The molecule has 0 aliphatic rings. The molecule has 0 saturated heterocycles. The average molecular weight is 526 g/mol. The molecule has 0 radical (unpaired) electrons. The first-order valence-corrected chi connectivity index (χ1v) is 15.5. The highest BCUT2D eigenvalue weighted by Gasteiger charge is 2.43. The van der Waals surface area contributed by atoms with Crippen molar-refractivity contribution < 1.29 is 29.6 Å². The number of rotatable bonds is 7. The molecule has 1 amide bonds. The topological polar surface area (TPSA) is 99.5 Å². The molecule has 0 spiro atoms. The van der Waals surface area contributed by atoms with E-state index in [0.717, 1.165) is 0 Å². The van der Waals surface area contributed by atoms with E-state index in [-0.39, 0.29) is 33.8 Å². The smallest absolute Gasteiger partial charge is 0.254 e. The van der Waals surface area contributed by atoms with Crippen molar-refractivity contribution in [2.24, 2.45) is 0 Å². The monoisotopic (exact) mass is 525 g/mol. The zero-order chi connectivity index (χ0) is 27.9. The molecule has 0 aromatic heterocycles. The number of carbonyl (C=O) groups excluding carboxylic acids is 1. The first-order chi connectivity index (χ1) is 17.3. The van der Waals surface area contributed by atoms with E-state index in [1.165, 1.54) is 26.4 Å². The van der Waals surface area contributed by atoms with Crippen molar-refractivity contribution in [3.63, 3.8) is 0 Å². The maximum absolute atomic E-state index is 13.8. The molecule has 3 rings (SSSR count). The largest absolute Gasteiger partial charge is 0.508 e. The number of benzene rings is 3. The number of hydrogen-bond acceptors (Lipinski definition) is 6. The number of phenolic OH excluding ortho intramolecular Hbond substituents is 3. The van der Waals surface area contributed by atoms with Gasteiger partial charge in [0.2, 0.25) is 0 Å². The van der Waals surface area contributed by atoms with E-state index in [4.69, 9.17) is 9.47 Å². The Morgan fingerprint density at radius 1 is 0.973 bits per heavy atom. The molecule has 0 bridgehead atoms. The summed E-state index contributed by atoms with van der Waals surface area (Å²) < 4.78 is 11.6. The van der Waals surface area contributed by atoms with Crippen LogP contribution in [0.25, 0.3) is 21.9 Å². The molecule has 37 heavy (non-hydrogen) atoms. The molecule has 3 aromatic carbocycles. The van der Waals surface area contributed by atoms with E-state index in [2.05, 4.69) is 33.9 Å². The van der Waals surface area contributed by atoms with Gasteiger partial charge < -0.3 is 29.7 Å². The van der Waals surface area contributed by atoms with Gasteiger partial charge in [0.1, 0.15) is 28.7 Å². The van der Waals surface area contributed by atoms with Crippen molar-refractivity contribution >= 4 is 29.9 Å². The third-order valence-corrected chi connectivity index (χ3v) is 13.3. The lowest BCUT2D eigenvalue weighted by molar-refractivity contribution is 0.0773. The minimum absolute atomic E-state index is 0.00702. The Labute approximate surface area is 220 Å². The molecule has 0 aliphatic carbocycles. The molecule has 0 fully saturated rings. The van der Waals surface area contributed by atoms with Crippen molar-refractivity contribution in [1.82, 2.24) is 4.90 Å². The minimum Gasteiger partial charge on any atom is -0.508 e. The Bertz CT molecular complexity index is 1340. The second-order valence-corrected chi connectivity index (χ2v) is 16.0. The summed E-state index contributed by atoms with van der Waals surface area (Å²) >= 11 is 0. The van der Waals surface area contributed by atoms with Crippen LogP contribution in [-0.4, -0.2) is 61.5 Å². The number of ether oxygens (including phenoxy) is 2. The summed E-state index contributed by atoms with van der Waals surface area (Å²) in [6.45, 7) is 15.4. The fraction of sp³-hybridized carbons (Fsp3) is 0.414. The van der Waals surface area contributed by atoms with E-state index >= 15 is 0 Å².